The minimum absolute atomic E-state index is 0.115. The Morgan fingerprint density at radius 1 is 1.20 bits per heavy atom. The molecule has 0 aliphatic rings. The topological polar surface area (TPSA) is 96.0 Å². The number of nitrogen functional groups attached to an aromatic ring is 1. The molecule has 0 unspecified atom stereocenters. The zero-order valence-corrected chi connectivity index (χ0v) is 11.0. The maximum atomic E-state index is 13.1. The van der Waals surface area contributed by atoms with Crippen LogP contribution in [0.25, 0.3) is 0 Å². The number of nitrogens with zero attached hydrogens (tertiary/aromatic N) is 1. The van der Waals surface area contributed by atoms with Crippen LogP contribution in [0.2, 0.25) is 0 Å². The smallest absolute Gasteiger partial charge is 0.262 e. The maximum absolute atomic E-state index is 13.1. The number of benzene rings is 2. The average molecular weight is 291 g/mol. The van der Waals surface area contributed by atoms with Gasteiger partial charge in [0.2, 0.25) is 0 Å². The Hall–Kier alpha value is -2.59. The molecule has 0 aliphatic heterocycles. The van der Waals surface area contributed by atoms with Crippen LogP contribution in [0.1, 0.15) is 5.56 Å². The first kappa shape index (κ1) is 13.8. The molecule has 0 aromatic heterocycles. The lowest BCUT2D eigenvalue weighted by atomic mass is 10.2. The van der Waals surface area contributed by atoms with Gasteiger partial charge < -0.3 is 5.73 Å². The Labute approximate surface area is 115 Å². The molecule has 0 atom stereocenters. The summed E-state index contributed by atoms with van der Waals surface area (Å²) in [4.78, 5) is -0.207. The van der Waals surface area contributed by atoms with Crippen LogP contribution in [-0.2, 0) is 10.0 Å². The maximum Gasteiger partial charge on any atom is 0.262 e. The summed E-state index contributed by atoms with van der Waals surface area (Å²) in [6.07, 6.45) is 0. The summed E-state index contributed by atoms with van der Waals surface area (Å²) in [5, 5.41) is 8.71. The highest BCUT2D eigenvalue weighted by molar-refractivity contribution is 7.92. The molecule has 0 saturated carbocycles. The number of hydrogen-bond donors (Lipinski definition) is 2. The molecule has 102 valence electrons. The van der Waals surface area contributed by atoms with Crippen molar-refractivity contribution in [2.75, 3.05) is 10.5 Å². The molecule has 0 aliphatic carbocycles. The highest BCUT2D eigenvalue weighted by Crippen LogP contribution is 2.23. The number of nitriles is 1. The van der Waals surface area contributed by atoms with E-state index in [9.17, 15) is 12.8 Å². The summed E-state index contributed by atoms with van der Waals surface area (Å²) in [6, 6.07) is 10.7. The van der Waals surface area contributed by atoms with E-state index in [0.717, 1.165) is 12.1 Å². The first-order chi connectivity index (χ1) is 9.42. The van der Waals surface area contributed by atoms with Crippen LogP contribution in [0.3, 0.4) is 0 Å². The van der Waals surface area contributed by atoms with Gasteiger partial charge in [-0.05, 0) is 36.4 Å². The van der Waals surface area contributed by atoms with Crippen molar-refractivity contribution in [1.82, 2.24) is 0 Å². The first-order valence-corrected chi connectivity index (χ1v) is 6.99. The van der Waals surface area contributed by atoms with Crippen molar-refractivity contribution in [3.63, 3.8) is 0 Å². The second-order valence-corrected chi connectivity index (χ2v) is 5.66. The molecule has 7 heteroatoms. The van der Waals surface area contributed by atoms with Crippen molar-refractivity contribution in [2.45, 2.75) is 4.90 Å². The van der Waals surface area contributed by atoms with Crippen molar-refractivity contribution in [3.8, 4) is 6.07 Å². The zero-order valence-electron chi connectivity index (χ0n) is 10.2. The van der Waals surface area contributed by atoms with Gasteiger partial charge in [0.05, 0.1) is 27.9 Å². The summed E-state index contributed by atoms with van der Waals surface area (Å²) < 4.78 is 39.4. The molecule has 0 heterocycles. The highest BCUT2D eigenvalue weighted by Gasteiger charge is 2.16. The van der Waals surface area contributed by atoms with Gasteiger partial charge in [-0.3, -0.25) is 4.72 Å². The van der Waals surface area contributed by atoms with Gasteiger partial charge in [0, 0.05) is 0 Å². The van der Waals surface area contributed by atoms with Crippen LogP contribution in [0, 0.1) is 17.1 Å². The van der Waals surface area contributed by atoms with Gasteiger partial charge in [-0.1, -0.05) is 6.07 Å². The van der Waals surface area contributed by atoms with Crippen LogP contribution >= 0.6 is 0 Å². The third kappa shape index (κ3) is 2.87. The summed E-state index contributed by atoms with van der Waals surface area (Å²) in [5.74, 6) is -0.652. The third-order valence-corrected chi connectivity index (χ3v) is 3.89. The predicted molar refractivity (Wildman–Crippen MR) is 72.8 cm³/mol. The lowest BCUT2D eigenvalue weighted by Gasteiger charge is -2.10. The van der Waals surface area contributed by atoms with Crippen molar-refractivity contribution in [2.24, 2.45) is 0 Å². The van der Waals surface area contributed by atoms with Crippen LogP contribution in [0.5, 0.6) is 0 Å². The van der Waals surface area contributed by atoms with Gasteiger partial charge >= 0.3 is 0 Å². The zero-order chi connectivity index (χ0) is 14.8. The second kappa shape index (κ2) is 5.19. The molecule has 0 bridgehead atoms. The molecule has 0 spiro atoms. The Bertz CT molecular complexity index is 798. The van der Waals surface area contributed by atoms with E-state index in [4.69, 9.17) is 11.0 Å². The molecule has 2 aromatic carbocycles. The van der Waals surface area contributed by atoms with E-state index < -0.39 is 15.8 Å². The molecule has 0 radical (unpaired) electrons. The monoisotopic (exact) mass is 291 g/mol. The number of nitrogens with two attached hydrogens (primary N) is 1. The van der Waals surface area contributed by atoms with Crippen molar-refractivity contribution >= 4 is 21.4 Å². The van der Waals surface area contributed by atoms with E-state index in [1.807, 2.05) is 6.07 Å². The Kier molecular flexibility index (Phi) is 3.59. The van der Waals surface area contributed by atoms with Crippen molar-refractivity contribution < 1.29 is 12.8 Å². The minimum Gasteiger partial charge on any atom is -0.397 e. The summed E-state index contributed by atoms with van der Waals surface area (Å²) in [5.41, 5.74) is 6.22. The number of halogens is 1. The van der Waals surface area contributed by atoms with Crippen LogP contribution in [-0.4, -0.2) is 8.42 Å². The number of nitrogens with one attached hydrogen (secondary N) is 1. The lowest BCUT2D eigenvalue weighted by molar-refractivity contribution is 0.595. The standard InChI is InChI=1S/C13H10FN3O2S/c14-10-2-1-3-11(7-10)20(18,19)17-13-5-4-9(8-15)6-12(13)16/h1-7,17H,16H2. The Morgan fingerprint density at radius 2 is 1.95 bits per heavy atom. The number of hydrogen-bond acceptors (Lipinski definition) is 4. The third-order valence-electron chi connectivity index (χ3n) is 2.53. The minimum atomic E-state index is -3.93. The van der Waals surface area contributed by atoms with Gasteiger partial charge in [-0.25, -0.2) is 12.8 Å². The van der Waals surface area contributed by atoms with Gasteiger partial charge in [0.15, 0.2) is 0 Å². The number of rotatable bonds is 3. The fourth-order valence-electron chi connectivity index (χ4n) is 1.56. The average Bonchev–Trinajstić information content (AvgIpc) is 2.41. The van der Waals surface area contributed by atoms with Gasteiger partial charge in [-0.15, -0.1) is 0 Å². The van der Waals surface area contributed by atoms with Crippen molar-refractivity contribution in [1.29, 1.82) is 5.26 Å². The molecular weight excluding hydrogens is 281 g/mol. The molecule has 3 N–H and O–H groups in total. The van der Waals surface area contributed by atoms with E-state index in [0.29, 0.717) is 5.56 Å². The molecule has 0 saturated heterocycles. The summed E-state index contributed by atoms with van der Waals surface area (Å²) in [7, 11) is -3.93. The SMILES string of the molecule is N#Cc1ccc(NS(=O)(=O)c2cccc(F)c2)c(N)c1. The molecule has 0 fully saturated rings. The Balaban J connectivity index is 2.36. The summed E-state index contributed by atoms with van der Waals surface area (Å²) >= 11 is 0. The highest BCUT2D eigenvalue weighted by atomic mass is 32.2. The van der Waals surface area contributed by atoms with E-state index in [1.54, 1.807) is 0 Å². The molecule has 2 rings (SSSR count). The molecule has 2 aromatic rings. The van der Waals surface area contributed by atoms with E-state index in [1.165, 1.54) is 30.3 Å². The largest absolute Gasteiger partial charge is 0.397 e. The number of anilines is 2. The van der Waals surface area contributed by atoms with E-state index >= 15 is 0 Å². The van der Waals surface area contributed by atoms with E-state index in [-0.39, 0.29) is 16.3 Å². The first-order valence-electron chi connectivity index (χ1n) is 5.50. The predicted octanol–water partition coefficient (Wildman–Crippen LogP) is 2.08. The second-order valence-electron chi connectivity index (χ2n) is 3.98. The van der Waals surface area contributed by atoms with Crippen LogP contribution in [0.15, 0.2) is 47.4 Å². The number of sulfonamides is 1. The quantitative estimate of drug-likeness (QED) is 0.846. The van der Waals surface area contributed by atoms with Gasteiger partial charge in [-0.2, -0.15) is 5.26 Å². The summed E-state index contributed by atoms with van der Waals surface area (Å²) in [6.45, 7) is 0. The van der Waals surface area contributed by atoms with Gasteiger partial charge in [0.1, 0.15) is 5.82 Å². The fraction of sp³-hybridized carbons (Fsp3) is 0. The van der Waals surface area contributed by atoms with Gasteiger partial charge in [0.25, 0.3) is 10.0 Å². The van der Waals surface area contributed by atoms with E-state index in [2.05, 4.69) is 4.72 Å². The van der Waals surface area contributed by atoms with Crippen molar-refractivity contribution in [3.05, 3.63) is 53.8 Å². The lowest BCUT2D eigenvalue weighted by Crippen LogP contribution is -2.14. The fourth-order valence-corrected chi connectivity index (χ4v) is 2.68. The molecule has 20 heavy (non-hydrogen) atoms. The van der Waals surface area contributed by atoms with Crippen LogP contribution in [0.4, 0.5) is 15.8 Å². The normalized spacial score (nSPS) is 10.8. The molecule has 0 amide bonds. The Morgan fingerprint density at radius 3 is 2.55 bits per heavy atom. The molecule has 5 nitrogen and oxygen atoms in total. The molecular formula is C13H10FN3O2S. The van der Waals surface area contributed by atoms with Crippen LogP contribution < -0.4 is 10.5 Å².